The van der Waals surface area contributed by atoms with Crippen molar-refractivity contribution in [2.75, 3.05) is 20.1 Å². The van der Waals surface area contributed by atoms with Crippen LogP contribution in [0.5, 0.6) is 0 Å². The van der Waals surface area contributed by atoms with Crippen molar-refractivity contribution >= 4 is 5.96 Å². The molecule has 2 aliphatic heterocycles. The smallest absolute Gasteiger partial charge is 0.194 e. The zero-order chi connectivity index (χ0) is 14.3. The maximum absolute atomic E-state index is 4.46. The Hall–Kier alpha value is -1.59. The number of hydrogen-bond donors (Lipinski definition) is 1. The van der Waals surface area contributed by atoms with E-state index in [1.54, 1.807) is 0 Å². The van der Waals surface area contributed by atoms with Gasteiger partial charge in [-0.15, -0.1) is 10.2 Å². The number of aliphatic imine (C=N–C) groups is 1. The summed E-state index contributed by atoms with van der Waals surface area (Å²) in [5.74, 6) is 3.20. The third-order valence-electron chi connectivity index (χ3n) is 5.45. The van der Waals surface area contributed by atoms with Crippen LogP contribution >= 0.6 is 0 Å². The van der Waals surface area contributed by atoms with E-state index in [-0.39, 0.29) is 0 Å². The molecule has 0 radical (unpaired) electrons. The molecule has 0 amide bonds. The predicted octanol–water partition coefficient (Wildman–Crippen LogP) is 1.18. The van der Waals surface area contributed by atoms with Crippen LogP contribution < -0.4 is 5.32 Å². The van der Waals surface area contributed by atoms with Crippen molar-refractivity contribution in [2.24, 2.45) is 10.4 Å². The van der Waals surface area contributed by atoms with Crippen LogP contribution in [0.15, 0.2) is 4.99 Å². The highest BCUT2D eigenvalue weighted by Crippen LogP contribution is 2.47. The first-order valence-electron chi connectivity index (χ1n) is 8.16. The molecule has 1 aliphatic carbocycles. The number of rotatable bonds is 2. The van der Waals surface area contributed by atoms with E-state index in [1.807, 2.05) is 7.05 Å². The van der Waals surface area contributed by atoms with Gasteiger partial charge in [0.05, 0.1) is 6.54 Å². The van der Waals surface area contributed by atoms with Gasteiger partial charge in [0.15, 0.2) is 11.8 Å². The molecule has 0 bridgehead atoms. The molecular weight excluding hydrogens is 264 g/mol. The summed E-state index contributed by atoms with van der Waals surface area (Å²) in [6, 6.07) is 0. The van der Waals surface area contributed by atoms with Crippen LogP contribution in [0.25, 0.3) is 0 Å². The maximum Gasteiger partial charge on any atom is 0.194 e. The maximum atomic E-state index is 4.46. The number of guanidine groups is 1. The summed E-state index contributed by atoms with van der Waals surface area (Å²) in [7, 11) is 1.88. The monoisotopic (exact) mass is 288 g/mol. The van der Waals surface area contributed by atoms with Crippen LogP contribution in [0.3, 0.4) is 0 Å². The summed E-state index contributed by atoms with van der Waals surface area (Å²) in [5.41, 5.74) is 0.605. The SMILES string of the molecule is CN=C(NCc1nnc2n1CCC2)N1CCC2(CCC2)C1. The Morgan fingerprint density at radius 1 is 1.24 bits per heavy atom. The molecule has 6 heteroatoms. The highest BCUT2D eigenvalue weighted by molar-refractivity contribution is 5.80. The van der Waals surface area contributed by atoms with Gasteiger partial charge >= 0.3 is 0 Å². The van der Waals surface area contributed by atoms with Crippen LogP contribution in [-0.2, 0) is 19.5 Å². The Morgan fingerprint density at radius 3 is 2.86 bits per heavy atom. The van der Waals surface area contributed by atoms with E-state index in [4.69, 9.17) is 0 Å². The molecule has 3 aliphatic rings. The molecule has 114 valence electrons. The van der Waals surface area contributed by atoms with Crippen molar-refractivity contribution < 1.29 is 0 Å². The standard InChI is InChI=1S/C15H24N6/c1-16-14(20-9-7-15(11-20)5-3-6-15)17-10-13-19-18-12-4-2-8-21(12)13/h2-11H2,1H3,(H,16,17). The molecule has 1 saturated carbocycles. The molecule has 0 atom stereocenters. The minimum Gasteiger partial charge on any atom is -0.349 e. The van der Waals surface area contributed by atoms with Crippen molar-refractivity contribution in [1.29, 1.82) is 0 Å². The number of nitrogens with one attached hydrogen (secondary N) is 1. The molecule has 1 saturated heterocycles. The fraction of sp³-hybridized carbons (Fsp3) is 0.800. The van der Waals surface area contributed by atoms with Crippen LogP contribution in [0.4, 0.5) is 0 Å². The fourth-order valence-electron chi connectivity index (χ4n) is 4.03. The number of aryl methyl sites for hydroxylation is 1. The van der Waals surface area contributed by atoms with Gasteiger partial charge in [-0.05, 0) is 31.1 Å². The molecule has 1 N–H and O–H groups in total. The van der Waals surface area contributed by atoms with E-state index in [0.717, 1.165) is 43.7 Å². The van der Waals surface area contributed by atoms with Crippen LogP contribution in [0, 0.1) is 5.41 Å². The van der Waals surface area contributed by atoms with Crippen LogP contribution in [-0.4, -0.2) is 45.8 Å². The molecule has 0 aromatic carbocycles. The first-order valence-corrected chi connectivity index (χ1v) is 8.16. The molecular formula is C15H24N6. The summed E-state index contributed by atoms with van der Waals surface area (Å²) in [5, 5.41) is 12.0. The number of hydrogen-bond acceptors (Lipinski definition) is 3. The molecule has 2 fully saturated rings. The van der Waals surface area contributed by atoms with Gasteiger partial charge < -0.3 is 14.8 Å². The summed E-state index contributed by atoms with van der Waals surface area (Å²) < 4.78 is 2.25. The number of nitrogens with zero attached hydrogens (tertiary/aromatic N) is 5. The number of fused-ring (bicyclic) bond motifs is 1. The van der Waals surface area contributed by atoms with Gasteiger partial charge in [-0.1, -0.05) is 6.42 Å². The Labute approximate surface area is 125 Å². The van der Waals surface area contributed by atoms with E-state index in [9.17, 15) is 0 Å². The van der Waals surface area contributed by atoms with E-state index in [1.165, 1.54) is 38.6 Å². The molecule has 3 heterocycles. The quantitative estimate of drug-likeness (QED) is 0.656. The lowest BCUT2D eigenvalue weighted by Crippen LogP contribution is -2.42. The fourth-order valence-corrected chi connectivity index (χ4v) is 4.03. The summed E-state index contributed by atoms with van der Waals surface area (Å²) in [6.07, 6.45) is 7.80. The molecule has 21 heavy (non-hydrogen) atoms. The van der Waals surface area contributed by atoms with Gasteiger partial charge in [-0.25, -0.2) is 0 Å². The Kier molecular flexibility index (Phi) is 3.12. The van der Waals surface area contributed by atoms with Crippen molar-refractivity contribution in [3.8, 4) is 0 Å². The molecule has 4 rings (SSSR count). The lowest BCUT2D eigenvalue weighted by molar-refractivity contribution is 0.151. The normalized spacial score (nSPS) is 23.5. The van der Waals surface area contributed by atoms with E-state index >= 15 is 0 Å². The summed E-state index contributed by atoms with van der Waals surface area (Å²) in [6.45, 7) is 4.09. The van der Waals surface area contributed by atoms with Crippen molar-refractivity contribution in [2.45, 2.75) is 51.6 Å². The van der Waals surface area contributed by atoms with E-state index < -0.39 is 0 Å². The van der Waals surface area contributed by atoms with Crippen molar-refractivity contribution in [1.82, 2.24) is 25.0 Å². The number of aromatic nitrogens is 3. The molecule has 0 unspecified atom stereocenters. The minimum absolute atomic E-state index is 0.605. The average Bonchev–Trinajstić information content (AvgIpc) is 3.13. The second kappa shape index (κ2) is 5.00. The van der Waals surface area contributed by atoms with Gasteiger partial charge in [0.1, 0.15) is 5.82 Å². The Balaban J connectivity index is 1.39. The van der Waals surface area contributed by atoms with E-state index in [2.05, 4.69) is 30.0 Å². The third-order valence-corrected chi connectivity index (χ3v) is 5.45. The zero-order valence-corrected chi connectivity index (χ0v) is 12.8. The molecule has 1 aromatic rings. The lowest BCUT2D eigenvalue weighted by Gasteiger charge is -2.38. The van der Waals surface area contributed by atoms with E-state index in [0.29, 0.717) is 5.41 Å². The lowest BCUT2D eigenvalue weighted by atomic mass is 9.68. The topological polar surface area (TPSA) is 58.3 Å². The van der Waals surface area contributed by atoms with Crippen LogP contribution in [0.2, 0.25) is 0 Å². The minimum atomic E-state index is 0.605. The number of likely N-dealkylation sites (tertiary alicyclic amines) is 1. The molecule has 1 aromatic heterocycles. The first-order chi connectivity index (χ1) is 10.3. The molecule has 6 nitrogen and oxygen atoms in total. The highest BCUT2D eigenvalue weighted by Gasteiger charge is 2.43. The average molecular weight is 288 g/mol. The Morgan fingerprint density at radius 2 is 2.14 bits per heavy atom. The third kappa shape index (κ3) is 2.21. The van der Waals surface area contributed by atoms with Crippen LogP contribution in [0.1, 0.15) is 43.8 Å². The summed E-state index contributed by atoms with van der Waals surface area (Å²) in [4.78, 5) is 6.88. The molecule has 1 spiro atoms. The largest absolute Gasteiger partial charge is 0.349 e. The van der Waals surface area contributed by atoms with Gasteiger partial charge in [0.2, 0.25) is 0 Å². The van der Waals surface area contributed by atoms with Crippen molar-refractivity contribution in [3.05, 3.63) is 11.6 Å². The van der Waals surface area contributed by atoms with Crippen molar-refractivity contribution in [3.63, 3.8) is 0 Å². The summed E-state index contributed by atoms with van der Waals surface area (Å²) >= 11 is 0. The van der Waals surface area contributed by atoms with Gasteiger partial charge in [-0.3, -0.25) is 4.99 Å². The highest BCUT2D eigenvalue weighted by atomic mass is 15.3. The van der Waals surface area contributed by atoms with Gasteiger partial charge in [-0.2, -0.15) is 0 Å². The first kappa shape index (κ1) is 13.1. The second-order valence-corrected chi connectivity index (χ2v) is 6.71. The zero-order valence-electron chi connectivity index (χ0n) is 12.8. The van der Waals surface area contributed by atoms with Gasteiger partial charge in [0.25, 0.3) is 0 Å². The predicted molar refractivity (Wildman–Crippen MR) is 81.0 cm³/mol. The Bertz CT molecular complexity index is 557. The second-order valence-electron chi connectivity index (χ2n) is 6.71. The van der Waals surface area contributed by atoms with Gasteiger partial charge in [0, 0.05) is 33.1 Å².